The normalized spacial score (nSPS) is 10.0. The molecule has 0 aromatic heterocycles. The second kappa shape index (κ2) is 8.89. The summed E-state index contributed by atoms with van der Waals surface area (Å²) in [5.41, 5.74) is 1.24. The van der Waals surface area contributed by atoms with Crippen molar-refractivity contribution in [2.45, 2.75) is 4.90 Å². The van der Waals surface area contributed by atoms with Gasteiger partial charge in [-0.1, -0.05) is 0 Å². The molecule has 0 radical (unpaired) electrons. The Morgan fingerprint density at radius 1 is 0.920 bits per heavy atom. The molecule has 0 bridgehead atoms. The smallest absolute Gasteiger partial charge is 0.338 e. The molecule has 0 aliphatic rings. The van der Waals surface area contributed by atoms with Gasteiger partial charge in [0.15, 0.2) is 6.61 Å². The lowest BCUT2D eigenvalue weighted by atomic mass is 10.2. The molecule has 2 aromatic carbocycles. The highest BCUT2D eigenvalue weighted by molar-refractivity contribution is 7.98. The van der Waals surface area contributed by atoms with Crippen molar-refractivity contribution in [3.8, 4) is 0 Å². The average Bonchev–Trinajstić information content (AvgIpc) is 2.66. The summed E-state index contributed by atoms with van der Waals surface area (Å²) in [7, 11) is 1.29. The molecule has 1 amide bonds. The predicted molar refractivity (Wildman–Crippen MR) is 94.9 cm³/mol. The van der Waals surface area contributed by atoms with Crippen molar-refractivity contribution in [3.05, 3.63) is 59.7 Å². The zero-order chi connectivity index (χ0) is 18.2. The van der Waals surface area contributed by atoms with Gasteiger partial charge in [-0.3, -0.25) is 4.79 Å². The van der Waals surface area contributed by atoms with Crippen LogP contribution in [-0.4, -0.2) is 37.8 Å². The van der Waals surface area contributed by atoms with E-state index in [4.69, 9.17) is 4.74 Å². The summed E-state index contributed by atoms with van der Waals surface area (Å²) in [6.07, 6.45) is 1.94. The molecule has 0 heterocycles. The van der Waals surface area contributed by atoms with E-state index < -0.39 is 24.5 Å². The van der Waals surface area contributed by atoms with E-state index in [9.17, 15) is 14.4 Å². The van der Waals surface area contributed by atoms with E-state index in [1.807, 2.05) is 18.4 Å². The van der Waals surface area contributed by atoms with E-state index in [2.05, 4.69) is 10.1 Å². The molecule has 0 aliphatic heterocycles. The number of methoxy groups -OCH3 is 1. The standard InChI is InChI=1S/C18H17NO5S/c1-23-17(21)12-3-7-14(8-4-12)19-16(20)11-24-18(22)13-5-9-15(25-2)10-6-13/h3-10H,11H2,1-2H3,(H,19,20). The molecule has 0 saturated heterocycles. The number of anilines is 1. The monoisotopic (exact) mass is 359 g/mol. The topological polar surface area (TPSA) is 81.7 Å². The van der Waals surface area contributed by atoms with E-state index in [1.54, 1.807) is 36.0 Å². The highest BCUT2D eigenvalue weighted by atomic mass is 32.2. The first-order valence-corrected chi connectivity index (χ1v) is 8.55. The SMILES string of the molecule is COC(=O)c1ccc(NC(=O)COC(=O)c2ccc(SC)cc2)cc1. The largest absolute Gasteiger partial charge is 0.465 e. The molecule has 1 N–H and O–H groups in total. The molecule has 7 heteroatoms. The molecule has 0 spiro atoms. The van der Waals surface area contributed by atoms with Crippen LogP contribution in [0.4, 0.5) is 5.69 Å². The van der Waals surface area contributed by atoms with Crippen molar-refractivity contribution in [2.75, 3.05) is 25.3 Å². The zero-order valence-corrected chi connectivity index (χ0v) is 14.6. The molecule has 2 rings (SSSR count). The van der Waals surface area contributed by atoms with Gasteiger partial charge in [-0.05, 0) is 54.8 Å². The number of hydrogen-bond donors (Lipinski definition) is 1. The van der Waals surface area contributed by atoms with Gasteiger partial charge in [0.2, 0.25) is 0 Å². The van der Waals surface area contributed by atoms with Crippen LogP contribution in [0.3, 0.4) is 0 Å². The summed E-state index contributed by atoms with van der Waals surface area (Å²) < 4.78 is 9.58. The molecule has 6 nitrogen and oxygen atoms in total. The summed E-state index contributed by atoms with van der Waals surface area (Å²) in [4.78, 5) is 36.1. The maximum absolute atomic E-state index is 11.9. The predicted octanol–water partition coefficient (Wildman–Crippen LogP) is 2.99. The van der Waals surface area contributed by atoms with Crippen LogP contribution in [0, 0.1) is 0 Å². The van der Waals surface area contributed by atoms with E-state index in [0.29, 0.717) is 16.8 Å². The van der Waals surface area contributed by atoms with E-state index in [0.717, 1.165) is 4.90 Å². The first-order valence-electron chi connectivity index (χ1n) is 7.33. The molecule has 2 aromatic rings. The quantitative estimate of drug-likeness (QED) is 0.631. The van der Waals surface area contributed by atoms with Crippen LogP contribution in [0.5, 0.6) is 0 Å². The Morgan fingerprint density at radius 2 is 1.48 bits per heavy atom. The number of nitrogens with one attached hydrogen (secondary N) is 1. The van der Waals surface area contributed by atoms with Gasteiger partial charge in [0.05, 0.1) is 18.2 Å². The van der Waals surface area contributed by atoms with Gasteiger partial charge in [-0.25, -0.2) is 9.59 Å². The van der Waals surface area contributed by atoms with E-state index in [1.165, 1.54) is 19.2 Å². The molecule has 0 fully saturated rings. The fourth-order valence-electron chi connectivity index (χ4n) is 1.95. The number of hydrogen-bond acceptors (Lipinski definition) is 6. The van der Waals surface area contributed by atoms with Crippen LogP contribution in [0.2, 0.25) is 0 Å². The molecule has 0 unspecified atom stereocenters. The Hall–Kier alpha value is -2.80. The second-order valence-electron chi connectivity index (χ2n) is 4.92. The number of amides is 1. The number of esters is 2. The van der Waals surface area contributed by atoms with Gasteiger partial charge in [-0.2, -0.15) is 0 Å². The van der Waals surface area contributed by atoms with Crippen LogP contribution >= 0.6 is 11.8 Å². The number of benzene rings is 2. The van der Waals surface area contributed by atoms with Crippen molar-refractivity contribution >= 4 is 35.3 Å². The molecule has 130 valence electrons. The third kappa shape index (κ3) is 5.36. The molecular weight excluding hydrogens is 342 g/mol. The Balaban J connectivity index is 1.85. The number of carbonyl (C=O) groups excluding carboxylic acids is 3. The summed E-state index contributed by atoms with van der Waals surface area (Å²) in [6.45, 7) is -0.401. The molecule has 0 atom stereocenters. The van der Waals surface area contributed by atoms with E-state index in [-0.39, 0.29) is 0 Å². The number of ether oxygens (including phenoxy) is 2. The van der Waals surface area contributed by atoms with Crippen molar-refractivity contribution < 1.29 is 23.9 Å². The lowest BCUT2D eigenvalue weighted by molar-refractivity contribution is -0.119. The minimum absolute atomic E-state index is 0.376. The minimum Gasteiger partial charge on any atom is -0.465 e. The Kier molecular flexibility index (Phi) is 6.59. The Morgan fingerprint density at radius 3 is 2.04 bits per heavy atom. The third-order valence-corrected chi connectivity index (χ3v) is 3.99. The Labute approximate surface area is 149 Å². The van der Waals surface area contributed by atoms with Gasteiger partial charge >= 0.3 is 11.9 Å². The van der Waals surface area contributed by atoms with Crippen LogP contribution in [-0.2, 0) is 14.3 Å². The maximum Gasteiger partial charge on any atom is 0.338 e. The van der Waals surface area contributed by atoms with Crippen molar-refractivity contribution in [3.63, 3.8) is 0 Å². The summed E-state index contributed by atoms with van der Waals surface area (Å²) >= 11 is 1.57. The number of thioether (sulfide) groups is 1. The number of carbonyl (C=O) groups is 3. The lowest BCUT2D eigenvalue weighted by Crippen LogP contribution is -2.21. The first-order chi connectivity index (χ1) is 12.0. The average molecular weight is 359 g/mol. The fraction of sp³-hybridized carbons (Fsp3) is 0.167. The summed E-state index contributed by atoms with van der Waals surface area (Å²) in [5, 5.41) is 2.58. The van der Waals surface area contributed by atoms with Gasteiger partial charge < -0.3 is 14.8 Å². The van der Waals surface area contributed by atoms with Gasteiger partial charge in [-0.15, -0.1) is 11.8 Å². The minimum atomic E-state index is -0.566. The molecule has 0 aliphatic carbocycles. The van der Waals surface area contributed by atoms with Crippen molar-refractivity contribution in [1.82, 2.24) is 0 Å². The highest BCUT2D eigenvalue weighted by Gasteiger charge is 2.11. The molecular formula is C18H17NO5S. The summed E-state index contributed by atoms with van der Waals surface area (Å²) in [5.74, 6) is -1.50. The fourth-order valence-corrected chi connectivity index (χ4v) is 2.35. The van der Waals surface area contributed by atoms with Crippen molar-refractivity contribution in [2.24, 2.45) is 0 Å². The van der Waals surface area contributed by atoms with E-state index >= 15 is 0 Å². The molecule has 0 saturated carbocycles. The zero-order valence-electron chi connectivity index (χ0n) is 13.8. The van der Waals surface area contributed by atoms with Gasteiger partial charge in [0.1, 0.15) is 0 Å². The van der Waals surface area contributed by atoms with Crippen LogP contribution < -0.4 is 5.32 Å². The highest BCUT2D eigenvalue weighted by Crippen LogP contribution is 2.15. The van der Waals surface area contributed by atoms with Crippen molar-refractivity contribution in [1.29, 1.82) is 0 Å². The molecule has 25 heavy (non-hydrogen) atoms. The Bertz CT molecular complexity index is 756. The van der Waals surface area contributed by atoms with Gasteiger partial charge in [0.25, 0.3) is 5.91 Å². The second-order valence-corrected chi connectivity index (χ2v) is 5.80. The van der Waals surface area contributed by atoms with Gasteiger partial charge in [0, 0.05) is 10.6 Å². The maximum atomic E-state index is 11.9. The first kappa shape index (κ1) is 18.5. The van der Waals surface area contributed by atoms with Crippen LogP contribution in [0.15, 0.2) is 53.4 Å². The lowest BCUT2D eigenvalue weighted by Gasteiger charge is -2.07. The third-order valence-electron chi connectivity index (χ3n) is 3.25. The van der Waals surface area contributed by atoms with Crippen LogP contribution in [0.25, 0.3) is 0 Å². The van der Waals surface area contributed by atoms with Crippen LogP contribution in [0.1, 0.15) is 20.7 Å². The summed E-state index contributed by atoms with van der Waals surface area (Å²) in [6, 6.07) is 13.1. The number of rotatable bonds is 6.